The van der Waals surface area contributed by atoms with E-state index in [-0.39, 0.29) is 23.5 Å². The third-order valence-electron chi connectivity index (χ3n) is 5.99. The zero-order valence-corrected chi connectivity index (χ0v) is 40.1. The molecule has 35 heteroatoms. The van der Waals surface area contributed by atoms with E-state index in [2.05, 4.69) is 87.7 Å². The summed E-state index contributed by atoms with van der Waals surface area (Å²) in [5.41, 5.74) is 0. The summed E-state index contributed by atoms with van der Waals surface area (Å²) in [5.74, 6) is -11.2. The highest BCUT2D eigenvalue weighted by atomic mass is 32.1. The molecular weight excluding hydrogens is 946 g/mol. The normalized spacial score (nSPS) is 10.3. The molecule has 5 N–H and O–H groups in total. The van der Waals surface area contributed by atoms with Crippen molar-refractivity contribution < 1.29 is 119 Å². The average Bonchev–Trinajstić information content (AvgIpc) is 3.25. The van der Waals surface area contributed by atoms with Crippen molar-refractivity contribution >= 4 is 93.6 Å². The second kappa shape index (κ2) is 45.2. The molecule has 0 fully saturated rings. The lowest BCUT2D eigenvalue weighted by atomic mass is 10.5. The van der Waals surface area contributed by atoms with E-state index >= 15 is 0 Å². The summed E-state index contributed by atoms with van der Waals surface area (Å²) >= 11 is 13.9. The van der Waals surface area contributed by atoms with Gasteiger partial charge in [0.05, 0.1) is 64.1 Å². The molecule has 0 atom stereocenters. The van der Waals surface area contributed by atoms with E-state index < -0.39 is 59.4 Å². The van der Waals surface area contributed by atoms with Crippen LogP contribution in [0.15, 0.2) is 0 Å². The number of amides is 5. The lowest BCUT2D eigenvalue weighted by Gasteiger charge is -2.24. The van der Waals surface area contributed by atoms with Crippen LogP contribution in [-0.4, -0.2) is 166 Å². The predicted molar refractivity (Wildman–Crippen MR) is 210 cm³/mol. The van der Waals surface area contributed by atoms with Crippen molar-refractivity contribution in [3.8, 4) is 0 Å². The zero-order valence-electron chi connectivity index (χ0n) is 35.1. The fourth-order valence-corrected chi connectivity index (χ4v) is 3.79. The average molecular weight is 1010 g/mol. The Bertz CT molecular complexity index is 851. The van der Waals surface area contributed by atoms with Gasteiger partial charge in [-0.05, 0) is 0 Å². The molecule has 0 aromatic rings. The van der Waals surface area contributed by atoms with E-state index in [0.717, 1.165) is 0 Å². The summed E-state index contributed by atoms with van der Waals surface area (Å²) in [5, 5.41) is 0. The topological polar surface area (TPSA) is 284 Å². The van der Waals surface area contributed by atoms with E-state index in [1.165, 1.54) is 107 Å². The number of rotatable bonds is 20. The Morgan fingerprint density at radius 1 is 0.250 bits per heavy atom. The number of carbonyl (C=O) groups excluding carboxylic acids is 5. The third-order valence-corrected chi connectivity index (χ3v) is 7.12. The molecule has 0 bridgehead atoms. The molecule has 370 valence electrons. The number of halogens is 5. The molecule has 0 rings (SSSR count). The molecule has 0 saturated carbocycles. The smallest absolute Gasteiger partial charge is 0.371 e. The van der Waals surface area contributed by atoms with Crippen molar-refractivity contribution in [2.75, 3.05) is 107 Å². The molecule has 0 aliphatic heterocycles. The van der Waals surface area contributed by atoms with Gasteiger partial charge in [-0.25, -0.2) is 0 Å². The number of nitrogens with one attached hydrogen (secondary N) is 5. The van der Waals surface area contributed by atoms with Crippen LogP contribution in [0.4, 0.5) is 0 Å². The van der Waals surface area contributed by atoms with E-state index in [1.807, 2.05) is 0 Å². The van der Waals surface area contributed by atoms with Crippen LogP contribution in [0.1, 0.15) is 0 Å². The van der Waals surface area contributed by atoms with Crippen molar-refractivity contribution in [1.29, 1.82) is 0 Å². The lowest BCUT2D eigenvalue weighted by molar-refractivity contribution is -0.325. The van der Waals surface area contributed by atoms with Gasteiger partial charge in [-0.1, -0.05) is 0 Å². The van der Waals surface area contributed by atoms with Crippen LogP contribution in [0, 0.1) is 0 Å². The molecule has 0 aromatic heterocycles. The molecule has 0 unspecified atom stereocenters. The van der Waals surface area contributed by atoms with Crippen LogP contribution in [0.3, 0.4) is 0 Å². The van der Waals surface area contributed by atoms with Gasteiger partial charge in [0.15, 0.2) is 0 Å². The highest BCUT2D eigenvalue weighted by Crippen LogP contribution is 2.14. The van der Waals surface area contributed by atoms with Gasteiger partial charge in [-0.15, -0.1) is 0 Å². The van der Waals surface area contributed by atoms with Crippen LogP contribution in [0.5, 0.6) is 0 Å². The quantitative estimate of drug-likeness (QED) is 0.0430. The van der Waals surface area contributed by atoms with Gasteiger partial charge < -0.3 is 94.6 Å². The molecule has 0 aromatic carbocycles. The summed E-state index contributed by atoms with van der Waals surface area (Å²) in [6.45, 7) is 0. The maximum Gasteiger partial charge on any atom is 0.371 e. The molecule has 0 saturated heterocycles. The number of hydrogen-bond donors (Lipinski definition) is 5. The highest BCUT2D eigenvalue weighted by molar-refractivity contribution is 7.57. The minimum absolute atomic E-state index is 0. The van der Waals surface area contributed by atoms with Gasteiger partial charge in [-0.3, -0.25) is 24.0 Å². The molecule has 25 nitrogen and oxygen atoms in total. The Morgan fingerprint density at radius 2 is 0.317 bits per heavy atom. The van der Waals surface area contributed by atoms with E-state index in [1.54, 1.807) is 0 Å². The first-order valence-electron chi connectivity index (χ1n) is 14.0. The van der Waals surface area contributed by atoms with Gasteiger partial charge in [0, 0.05) is 107 Å². The minimum atomic E-state index is -1.66. The molecule has 0 aliphatic carbocycles. The summed E-state index contributed by atoms with van der Waals surface area (Å²) in [7, 11) is 19.5. The Hall–Kier alpha value is -1.85. The minimum Gasteiger partial charge on any atom is -1.00 e. The number of hydrogen-bond acceptors (Lipinski definition) is 20. The predicted octanol–water partition coefficient (Wildman–Crippen LogP) is -21.9. The van der Waals surface area contributed by atoms with Crippen molar-refractivity contribution in [2.45, 2.75) is 29.9 Å². The largest absolute Gasteiger partial charge is 1.00 e. The van der Waals surface area contributed by atoms with Gasteiger partial charge in [0.25, 0.3) is 0 Å². The molecule has 0 heterocycles. The van der Waals surface area contributed by atoms with Crippen molar-refractivity contribution in [3.05, 3.63) is 0 Å². The fraction of sp³-hybridized carbons (Fsp3) is 0.800. The second-order valence-electron chi connectivity index (χ2n) is 8.11. The van der Waals surface area contributed by atoms with Crippen LogP contribution in [0.25, 0.3) is 0 Å². The van der Waals surface area contributed by atoms with Gasteiger partial charge in [-0.2, -0.15) is 23.6 Å². The number of ether oxygens (including phenoxy) is 15. The molecule has 0 radical (unpaired) electrons. The SMILES string of the molecule is COC(OC)(OC)C(=O)N[SH2+].COC(OC)(OC)C(=O)N[SH2+].COC(OC)(OC)C(=O)N[SH2+].COC(OC)(OC)C(=O)N[SH2+].COC(OC)(OC)C(=O)N[SH2+].[F-].[F-].[F-].[F-].[F-]. The lowest BCUT2D eigenvalue weighted by Crippen LogP contribution is -3.00. The summed E-state index contributed by atoms with van der Waals surface area (Å²) in [6, 6.07) is 0. The molecule has 5 amide bonds. The van der Waals surface area contributed by atoms with E-state index in [9.17, 15) is 24.0 Å². The third kappa shape index (κ3) is 24.7. The first-order valence-corrected chi connectivity index (χ1v) is 16.5. The fourth-order valence-electron chi connectivity index (χ4n) is 3.02. The van der Waals surface area contributed by atoms with Crippen molar-refractivity contribution in [3.63, 3.8) is 0 Å². The molecule has 0 aliphatic rings. The first kappa shape index (κ1) is 81.9. The summed E-state index contributed by atoms with van der Waals surface area (Å²) < 4.78 is 81.3. The maximum atomic E-state index is 11.0. The van der Waals surface area contributed by atoms with E-state index in [0.29, 0.717) is 0 Å². The second-order valence-corrected chi connectivity index (χ2v) is 9.36. The zero-order chi connectivity index (χ0) is 44.5. The molecule has 60 heavy (non-hydrogen) atoms. The first-order chi connectivity index (χ1) is 25.8. The van der Waals surface area contributed by atoms with Crippen LogP contribution < -0.4 is 47.1 Å². The van der Waals surface area contributed by atoms with Gasteiger partial charge in [0.2, 0.25) is 0 Å². The van der Waals surface area contributed by atoms with Gasteiger partial charge >= 0.3 is 59.4 Å². The molecule has 0 spiro atoms. The standard InChI is InChI=1S/5C5H11NO4S.5FH/c5*1-8-5(9-2,10-3)4(7)6-11;;;;;/h5*11H,1-3H3,(H,6,7);5*1H. The van der Waals surface area contributed by atoms with E-state index in [4.69, 9.17) is 71.1 Å². The van der Waals surface area contributed by atoms with Gasteiger partial charge in [0.1, 0.15) is 0 Å². The highest BCUT2D eigenvalue weighted by Gasteiger charge is 2.43. The Morgan fingerprint density at radius 3 is 0.333 bits per heavy atom. The number of methoxy groups -OCH3 is 15. The molecular formula is C25H60F5N5O20S5. The monoisotopic (exact) mass is 1010 g/mol. The summed E-state index contributed by atoms with van der Waals surface area (Å²) in [4.78, 5) is 55.0. The Labute approximate surface area is 371 Å². The maximum absolute atomic E-state index is 11.0. The Kier molecular flexibility index (Phi) is 61.7. The van der Waals surface area contributed by atoms with Crippen molar-refractivity contribution in [1.82, 2.24) is 23.6 Å². The number of carbonyl (C=O) groups is 5. The summed E-state index contributed by atoms with van der Waals surface area (Å²) in [6.07, 6.45) is 0. The van der Waals surface area contributed by atoms with Crippen molar-refractivity contribution in [2.24, 2.45) is 0 Å². The van der Waals surface area contributed by atoms with Crippen LogP contribution in [0.2, 0.25) is 0 Å². The Balaban J connectivity index is -0.0000000638. The van der Waals surface area contributed by atoms with Crippen LogP contribution in [-0.2, 0) is 159 Å². The van der Waals surface area contributed by atoms with Crippen LogP contribution >= 0.6 is 0 Å².